The Morgan fingerprint density at radius 3 is 2.00 bits per heavy atom. The third-order valence-corrected chi connectivity index (χ3v) is 9.47. The molecule has 0 saturated carbocycles. The van der Waals surface area contributed by atoms with Gasteiger partial charge in [-0.2, -0.15) is 0 Å². The Kier molecular flexibility index (Phi) is 5.87. The first-order valence-electron chi connectivity index (χ1n) is 16.2. The third-order valence-electron chi connectivity index (χ3n) is 9.47. The number of nitrogens with zero attached hydrogens (tertiary/aromatic N) is 3. The topological polar surface area (TPSA) is 54.8 Å². The first-order valence-corrected chi connectivity index (χ1v) is 16.2. The van der Waals surface area contributed by atoms with Crippen molar-refractivity contribution in [2.75, 3.05) is 0 Å². The molecule has 1 aliphatic rings. The van der Waals surface area contributed by atoms with Crippen molar-refractivity contribution < 1.29 is 4.42 Å². The fraction of sp³-hybridized carbons (Fsp3) is 0.0233. The van der Waals surface area contributed by atoms with Crippen LogP contribution in [0.4, 0.5) is 0 Å². The average Bonchev–Trinajstić information content (AvgIpc) is 3.70. The van der Waals surface area contributed by atoms with Gasteiger partial charge in [-0.15, -0.1) is 0 Å². The zero-order valence-electron chi connectivity index (χ0n) is 25.8. The fourth-order valence-electron chi connectivity index (χ4n) is 7.31. The number of fused-ring (bicyclic) bond motifs is 7. The van der Waals surface area contributed by atoms with Gasteiger partial charge in [0.05, 0.1) is 11.0 Å². The zero-order valence-corrected chi connectivity index (χ0v) is 25.8. The van der Waals surface area contributed by atoms with Crippen LogP contribution >= 0.6 is 0 Å². The van der Waals surface area contributed by atoms with E-state index in [2.05, 4.69) is 149 Å². The number of hydrogen-bond donors (Lipinski definition) is 1. The molecule has 7 aromatic carbocycles. The quantitative estimate of drug-likeness (QED) is 0.214. The van der Waals surface area contributed by atoms with Crippen LogP contribution in [0.3, 0.4) is 0 Å². The summed E-state index contributed by atoms with van der Waals surface area (Å²) in [7, 11) is 0. The van der Waals surface area contributed by atoms with E-state index in [0.29, 0.717) is 5.84 Å². The molecule has 0 fully saturated rings. The summed E-state index contributed by atoms with van der Waals surface area (Å²) < 4.78 is 8.84. The summed E-state index contributed by atoms with van der Waals surface area (Å²) in [6.07, 6.45) is -0.415. The van der Waals surface area contributed by atoms with Crippen molar-refractivity contribution in [3.63, 3.8) is 0 Å². The molecular weight excluding hydrogens is 589 g/mol. The first kappa shape index (κ1) is 26.7. The zero-order chi connectivity index (χ0) is 31.6. The number of furan rings is 1. The Hall–Kier alpha value is -6.46. The summed E-state index contributed by atoms with van der Waals surface area (Å²) >= 11 is 0. The molecule has 0 bridgehead atoms. The molecule has 9 aromatic rings. The van der Waals surface area contributed by atoms with Gasteiger partial charge in [0, 0.05) is 32.7 Å². The van der Waals surface area contributed by atoms with E-state index >= 15 is 0 Å². The molecule has 2 aromatic heterocycles. The maximum Gasteiger partial charge on any atom is 0.204 e. The molecule has 1 atom stereocenters. The Balaban J connectivity index is 1.16. The number of rotatable bonds is 4. The molecule has 0 aliphatic carbocycles. The maximum atomic E-state index is 6.56. The van der Waals surface area contributed by atoms with Crippen molar-refractivity contribution >= 4 is 66.2 Å². The molecule has 1 N–H and O–H groups in total. The summed E-state index contributed by atoms with van der Waals surface area (Å²) in [6.45, 7) is 0. The van der Waals surface area contributed by atoms with E-state index in [0.717, 1.165) is 55.5 Å². The van der Waals surface area contributed by atoms with Gasteiger partial charge in [-0.3, -0.25) is 0 Å². The van der Waals surface area contributed by atoms with Crippen LogP contribution in [0, 0.1) is 0 Å². The van der Waals surface area contributed by atoms with Gasteiger partial charge in [0.1, 0.15) is 17.0 Å². The van der Waals surface area contributed by atoms with Crippen molar-refractivity contribution in [1.82, 2.24) is 9.88 Å². The highest BCUT2D eigenvalue weighted by atomic mass is 16.3. The number of para-hydroxylation sites is 2. The van der Waals surface area contributed by atoms with Crippen LogP contribution in [0.2, 0.25) is 0 Å². The summed E-state index contributed by atoms with van der Waals surface area (Å²) in [5, 5.41) is 10.7. The molecule has 0 radical (unpaired) electrons. The lowest BCUT2D eigenvalue weighted by molar-refractivity contribution is 0.516. The van der Waals surface area contributed by atoms with Gasteiger partial charge >= 0.3 is 0 Å². The highest BCUT2D eigenvalue weighted by Gasteiger charge is 2.25. The van der Waals surface area contributed by atoms with Crippen LogP contribution in [-0.2, 0) is 0 Å². The Labute approximate surface area is 276 Å². The second-order valence-electron chi connectivity index (χ2n) is 12.2. The number of hydrogen-bond acceptors (Lipinski definition) is 4. The number of nitrogens with one attached hydrogen (secondary N) is 1. The van der Waals surface area contributed by atoms with Gasteiger partial charge in [0.15, 0.2) is 5.84 Å². The van der Waals surface area contributed by atoms with Crippen LogP contribution in [0.1, 0.15) is 17.4 Å². The molecule has 1 unspecified atom stereocenters. The van der Waals surface area contributed by atoms with Crippen molar-refractivity contribution in [3.05, 3.63) is 169 Å². The molecule has 0 saturated heterocycles. The van der Waals surface area contributed by atoms with Crippen LogP contribution in [0.5, 0.6) is 0 Å². The highest BCUT2D eigenvalue weighted by Crippen LogP contribution is 2.40. The van der Waals surface area contributed by atoms with Gasteiger partial charge in [-0.1, -0.05) is 127 Å². The molecule has 3 heterocycles. The molecule has 10 rings (SSSR count). The van der Waals surface area contributed by atoms with E-state index in [1.165, 1.54) is 27.1 Å². The third kappa shape index (κ3) is 4.11. The van der Waals surface area contributed by atoms with Crippen molar-refractivity contribution in [3.8, 4) is 11.1 Å². The van der Waals surface area contributed by atoms with Gasteiger partial charge in [0.2, 0.25) is 6.29 Å². The van der Waals surface area contributed by atoms with Crippen LogP contribution < -0.4 is 5.32 Å². The summed E-state index contributed by atoms with van der Waals surface area (Å²) in [5.41, 5.74) is 8.14. The van der Waals surface area contributed by atoms with Crippen LogP contribution in [-0.4, -0.2) is 16.2 Å². The lowest BCUT2D eigenvalue weighted by Crippen LogP contribution is -2.36. The van der Waals surface area contributed by atoms with Crippen LogP contribution in [0.25, 0.3) is 65.6 Å². The van der Waals surface area contributed by atoms with Crippen molar-refractivity contribution in [1.29, 1.82) is 0 Å². The normalized spacial score (nSPS) is 14.9. The smallest absolute Gasteiger partial charge is 0.204 e. The van der Waals surface area contributed by atoms with Crippen molar-refractivity contribution in [2.45, 2.75) is 6.29 Å². The minimum atomic E-state index is -0.415. The minimum absolute atomic E-state index is 0.415. The highest BCUT2D eigenvalue weighted by molar-refractivity contribution is 6.18. The summed E-state index contributed by atoms with van der Waals surface area (Å²) in [5.74, 6) is 1.42. The van der Waals surface area contributed by atoms with Gasteiger partial charge in [-0.25, -0.2) is 9.98 Å². The lowest BCUT2D eigenvalue weighted by Gasteiger charge is -2.25. The van der Waals surface area contributed by atoms with E-state index in [-0.39, 0.29) is 0 Å². The van der Waals surface area contributed by atoms with E-state index < -0.39 is 6.29 Å². The Morgan fingerprint density at radius 2 is 1.19 bits per heavy atom. The summed E-state index contributed by atoms with van der Waals surface area (Å²) in [4.78, 5) is 10.4. The predicted molar refractivity (Wildman–Crippen MR) is 198 cm³/mol. The molecule has 5 nitrogen and oxygen atoms in total. The standard InChI is InChI=1S/C43H28N4O/c1-2-13-28(14-3-1)41-44-42(46-43(45-41)47-36-21-8-6-17-32(36)33-18-7-9-22-37(33)47)29-24-25-35-39(26-29)48-38-23-11-20-34(40(35)38)31-19-10-15-27-12-4-5-16-30(27)31/h1-26,43H,(H,44,45,46). The Bertz CT molecular complexity index is 2710. The number of aliphatic imine (C=N–C) groups is 2. The Morgan fingerprint density at radius 1 is 0.521 bits per heavy atom. The lowest BCUT2D eigenvalue weighted by atomic mass is 9.94. The van der Waals surface area contributed by atoms with Gasteiger partial charge in [0.25, 0.3) is 0 Å². The van der Waals surface area contributed by atoms with E-state index in [1.54, 1.807) is 0 Å². The second kappa shape index (κ2) is 10.5. The molecule has 48 heavy (non-hydrogen) atoms. The van der Waals surface area contributed by atoms with Gasteiger partial charge in [-0.05, 0) is 52.2 Å². The van der Waals surface area contributed by atoms with E-state index in [4.69, 9.17) is 14.4 Å². The van der Waals surface area contributed by atoms with Gasteiger partial charge < -0.3 is 14.3 Å². The molecule has 5 heteroatoms. The molecule has 0 amide bonds. The minimum Gasteiger partial charge on any atom is -0.456 e. The van der Waals surface area contributed by atoms with Crippen molar-refractivity contribution in [2.24, 2.45) is 9.98 Å². The predicted octanol–water partition coefficient (Wildman–Crippen LogP) is 10.5. The number of aromatic nitrogens is 1. The second-order valence-corrected chi connectivity index (χ2v) is 12.2. The summed E-state index contributed by atoms with van der Waals surface area (Å²) in [6, 6.07) is 55.0. The largest absolute Gasteiger partial charge is 0.456 e. The molecule has 226 valence electrons. The molecule has 0 spiro atoms. The van der Waals surface area contributed by atoms with Crippen LogP contribution in [0.15, 0.2) is 172 Å². The SMILES string of the molecule is c1ccc(C2=NC(c3ccc4c(c3)oc3cccc(-c5cccc6ccccc56)c34)=NC(n3c4ccccc4c4ccccc43)N2)cc1. The first-order chi connectivity index (χ1) is 23.8. The number of amidine groups is 2. The average molecular weight is 617 g/mol. The van der Waals surface area contributed by atoms with E-state index in [1.807, 2.05) is 18.2 Å². The van der Waals surface area contributed by atoms with E-state index in [9.17, 15) is 0 Å². The maximum absolute atomic E-state index is 6.56. The molecular formula is C43H28N4O. The fourth-order valence-corrected chi connectivity index (χ4v) is 7.31. The number of benzene rings is 7. The molecule has 1 aliphatic heterocycles. The monoisotopic (exact) mass is 616 g/mol.